The van der Waals surface area contributed by atoms with Crippen molar-refractivity contribution in [1.82, 2.24) is 4.57 Å². The van der Waals surface area contributed by atoms with E-state index in [1.807, 2.05) is 0 Å². The van der Waals surface area contributed by atoms with Gasteiger partial charge in [-0.25, -0.2) is 9.18 Å². The number of carbonyl (C=O) groups excluding carboxylic acids is 1. The van der Waals surface area contributed by atoms with Gasteiger partial charge >= 0.3 is 11.7 Å². The maximum Gasteiger partial charge on any atom is 0.343 e. The summed E-state index contributed by atoms with van der Waals surface area (Å²) in [5.41, 5.74) is -2.88. The Balaban J connectivity index is 2.63. The Bertz CT molecular complexity index is 1030. The zero-order valence-electron chi connectivity index (χ0n) is 13.8. The summed E-state index contributed by atoms with van der Waals surface area (Å²) in [7, 11) is 0. The second-order valence-electron chi connectivity index (χ2n) is 5.90. The standard InChI is InChI=1S/C16H13ClF2N2O5/c1-3-26-16(23)8-7-5-4-6(2)20(7)13-9(15(8)22)14(21(24)25)12(19)11(18)10(13)17/h6H,3-5H2,1-2H3/t6-/m1/s1. The molecule has 2 heterocycles. The SMILES string of the molecule is CCOC(=O)c1c2n(c3c(Cl)c(F)c(F)c([N+](=O)[O-])c3c1=O)[C@H](C)CC2. The van der Waals surface area contributed by atoms with Crippen LogP contribution in [0.2, 0.25) is 5.02 Å². The Hall–Kier alpha value is -2.55. The summed E-state index contributed by atoms with van der Waals surface area (Å²) in [4.78, 5) is 35.3. The number of hydrogen-bond donors (Lipinski definition) is 0. The van der Waals surface area contributed by atoms with Gasteiger partial charge in [0, 0.05) is 11.7 Å². The van der Waals surface area contributed by atoms with Crippen LogP contribution >= 0.6 is 11.6 Å². The summed E-state index contributed by atoms with van der Waals surface area (Å²) in [5, 5.41) is 9.86. The van der Waals surface area contributed by atoms with Crippen molar-refractivity contribution < 1.29 is 23.2 Å². The van der Waals surface area contributed by atoms with Gasteiger partial charge < -0.3 is 9.30 Å². The summed E-state index contributed by atoms with van der Waals surface area (Å²) < 4.78 is 34.6. The fourth-order valence-corrected chi connectivity index (χ4v) is 3.65. The molecule has 10 heteroatoms. The van der Waals surface area contributed by atoms with E-state index >= 15 is 0 Å². The molecule has 0 bridgehead atoms. The van der Waals surface area contributed by atoms with E-state index in [1.165, 1.54) is 11.5 Å². The number of ether oxygens (including phenoxy) is 1. The molecule has 0 spiro atoms. The molecule has 1 atom stereocenters. The number of carbonyl (C=O) groups is 1. The minimum absolute atomic E-state index is 0.0219. The van der Waals surface area contributed by atoms with Crippen LogP contribution in [0.3, 0.4) is 0 Å². The Morgan fingerprint density at radius 1 is 1.42 bits per heavy atom. The lowest BCUT2D eigenvalue weighted by atomic mass is 10.0. The summed E-state index contributed by atoms with van der Waals surface area (Å²) >= 11 is 5.91. The molecule has 3 rings (SSSR count). The van der Waals surface area contributed by atoms with Crippen molar-refractivity contribution in [2.24, 2.45) is 0 Å². The first-order valence-corrected chi connectivity index (χ1v) is 8.19. The van der Waals surface area contributed by atoms with Crippen LogP contribution in [0.4, 0.5) is 14.5 Å². The Labute approximate surface area is 150 Å². The van der Waals surface area contributed by atoms with Crippen LogP contribution in [0.5, 0.6) is 0 Å². The van der Waals surface area contributed by atoms with Crippen LogP contribution < -0.4 is 5.43 Å². The number of rotatable bonds is 3. The van der Waals surface area contributed by atoms with Crippen molar-refractivity contribution in [2.45, 2.75) is 32.7 Å². The van der Waals surface area contributed by atoms with Crippen molar-refractivity contribution in [3.8, 4) is 0 Å². The number of fused-ring (bicyclic) bond motifs is 3. The van der Waals surface area contributed by atoms with E-state index in [4.69, 9.17) is 16.3 Å². The topological polar surface area (TPSA) is 91.4 Å². The number of nitrogens with zero attached hydrogens (tertiary/aromatic N) is 2. The van der Waals surface area contributed by atoms with Crippen LogP contribution in [-0.2, 0) is 11.2 Å². The molecule has 1 aliphatic rings. The van der Waals surface area contributed by atoms with E-state index in [0.717, 1.165) is 0 Å². The molecule has 1 aromatic heterocycles. The van der Waals surface area contributed by atoms with Gasteiger partial charge in [0.1, 0.15) is 16.0 Å². The van der Waals surface area contributed by atoms with Gasteiger partial charge in [-0.2, -0.15) is 4.39 Å². The normalized spacial score (nSPS) is 16.0. The number of nitro groups is 1. The van der Waals surface area contributed by atoms with Crippen LogP contribution in [0.1, 0.15) is 42.4 Å². The number of halogens is 3. The fourth-order valence-electron chi connectivity index (χ4n) is 3.38. The summed E-state index contributed by atoms with van der Waals surface area (Å²) in [6, 6.07) is -0.330. The van der Waals surface area contributed by atoms with E-state index in [1.54, 1.807) is 6.92 Å². The van der Waals surface area contributed by atoms with E-state index < -0.39 is 49.6 Å². The first kappa shape index (κ1) is 18.2. The van der Waals surface area contributed by atoms with E-state index in [2.05, 4.69) is 0 Å². The maximum absolute atomic E-state index is 14.2. The molecule has 26 heavy (non-hydrogen) atoms. The fraction of sp³-hybridized carbons (Fsp3) is 0.375. The highest BCUT2D eigenvalue weighted by molar-refractivity contribution is 6.35. The van der Waals surface area contributed by atoms with Crippen LogP contribution in [0.15, 0.2) is 4.79 Å². The van der Waals surface area contributed by atoms with Crippen molar-refractivity contribution in [3.05, 3.63) is 48.3 Å². The molecule has 2 aromatic rings. The molecule has 7 nitrogen and oxygen atoms in total. The third-order valence-corrected chi connectivity index (χ3v) is 4.80. The summed E-state index contributed by atoms with van der Waals surface area (Å²) in [6.07, 6.45) is 0.789. The molecule has 1 aliphatic heterocycles. The predicted octanol–water partition coefficient (Wildman–Crippen LogP) is 3.53. The number of aromatic nitrogens is 1. The zero-order chi connectivity index (χ0) is 19.3. The van der Waals surface area contributed by atoms with Gasteiger partial charge in [-0.3, -0.25) is 14.9 Å². The third kappa shape index (κ3) is 2.38. The lowest BCUT2D eigenvalue weighted by Gasteiger charge is -2.18. The molecule has 0 N–H and O–H groups in total. The van der Waals surface area contributed by atoms with Crippen LogP contribution in [0, 0.1) is 21.7 Å². The molecule has 0 radical (unpaired) electrons. The van der Waals surface area contributed by atoms with Crippen LogP contribution in [0.25, 0.3) is 10.9 Å². The number of esters is 1. The molecular formula is C16H13ClF2N2O5. The maximum atomic E-state index is 14.2. The molecule has 138 valence electrons. The Morgan fingerprint density at radius 3 is 2.65 bits per heavy atom. The van der Waals surface area contributed by atoms with E-state index in [9.17, 15) is 28.5 Å². The van der Waals surface area contributed by atoms with Crippen molar-refractivity contribution >= 4 is 34.2 Å². The minimum atomic E-state index is -1.84. The highest BCUT2D eigenvalue weighted by Crippen LogP contribution is 2.40. The molecule has 0 saturated heterocycles. The molecular weight excluding hydrogens is 374 g/mol. The minimum Gasteiger partial charge on any atom is -0.462 e. The Kier molecular flexibility index (Phi) is 4.43. The van der Waals surface area contributed by atoms with Gasteiger partial charge in [0.15, 0.2) is 5.82 Å². The third-order valence-electron chi connectivity index (χ3n) is 4.45. The molecule has 0 aliphatic carbocycles. The number of nitro benzene ring substituents is 1. The highest BCUT2D eigenvalue weighted by Gasteiger charge is 2.37. The number of benzene rings is 1. The largest absolute Gasteiger partial charge is 0.462 e. The highest BCUT2D eigenvalue weighted by atomic mass is 35.5. The quantitative estimate of drug-likeness (QED) is 0.348. The number of pyridine rings is 1. The molecule has 0 amide bonds. The first-order valence-electron chi connectivity index (χ1n) is 7.81. The second-order valence-corrected chi connectivity index (χ2v) is 6.28. The van der Waals surface area contributed by atoms with Crippen molar-refractivity contribution in [2.75, 3.05) is 6.61 Å². The summed E-state index contributed by atoms with van der Waals surface area (Å²) in [5.74, 6) is -4.42. The van der Waals surface area contributed by atoms with Gasteiger partial charge in [0.2, 0.25) is 11.2 Å². The van der Waals surface area contributed by atoms with Gasteiger partial charge in [-0.15, -0.1) is 0 Å². The average molecular weight is 387 g/mol. The van der Waals surface area contributed by atoms with Crippen LogP contribution in [-0.4, -0.2) is 22.1 Å². The van der Waals surface area contributed by atoms with Gasteiger partial charge in [-0.1, -0.05) is 11.6 Å². The van der Waals surface area contributed by atoms with Gasteiger partial charge in [0.25, 0.3) is 0 Å². The molecule has 0 unspecified atom stereocenters. The van der Waals surface area contributed by atoms with E-state index in [0.29, 0.717) is 12.8 Å². The lowest BCUT2D eigenvalue weighted by molar-refractivity contribution is -0.386. The van der Waals surface area contributed by atoms with Crippen molar-refractivity contribution in [3.63, 3.8) is 0 Å². The van der Waals surface area contributed by atoms with Crippen molar-refractivity contribution in [1.29, 1.82) is 0 Å². The first-order chi connectivity index (χ1) is 12.2. The smallest absolute Gasteiger partial charge is 0.343 e. The summed E-state index contributed by atoms with van der Waals surface area (Å²) in [6.45, 7) is 3.23. The second kappa shape index (κ2) is 6.31. The predicted molar refractivity (Wildman–Crippen MR) is 88.8 cm³/mol. The molecule has 0 saturated carbocycles. The van der Waals surface area contributed by atoms with E-state index in [-0.39, 0.29) is 23.9 Å². The average Bonchev–Trinajstić information content (AvgIpc) is 2.94. The zero-order valence-corrected chi connectivity index (χ0v) is 14.5. The Morgan fingerprint density at radius 2 is 2.08 bits per heavy atom. The van der Waals surface area contributed by atoms with Gasteiger partial charge in [0.05, 0.1) is 17.0 Å². The number of hydrogen-bond acceptors (Lipinski definition) is 5. The molecule has 0 fully saturated rings. The molecule has 1 aromatic carbocycles. The monoisotopic (exact) mass is 386 g/mol. The van der Waals surface area contributed by atoms with Gasteiger partial charge in [-0.05, 0) is 26.7 Å². The lowest BCUT2D eigenvalue weighted by Crippen LogP contribution is -2.25.